The van der Waals surface area contributed by atoms with Crippen LogP contribution in [0.1, 0.15) is 0 Å². The van der Waals surface area contributed by atoms with Crippen molar-refractivity contribution in [2.24, 2.45) is 0 Å². The van der Waals surface area contributed by atoms with Gasteiger partial charge < -0.3 is 0 Å². The maximum Gasteiger partial charge on any atom is 0.235 e. The average Bonchev–Trinajstić information content (AvgIpc) is 1.55. The standard InChI is InChI=1S/C44H27N3S2.C38H21N3S2.C34H19N3S2/c1-3-13-28(14-4-1)30-17-11-19-32(25-30)36-27-39(46-44(45-36)33-20-12-18-31(26-33)29-15-5-2-6-16-29)47-40-34-21-7-9-23-37(34)48-42(40)43-41(47)35-22-8-10-24-38(35)49-43;1-2-11-24-21-25(18-17-22(24)9-1)32-29-20-19-23-10-3-4-12-26(23)33(29)40-38(39-32)41-34-27-13-5-7-15-30(27)42-36(34)37-35(41)28-14-6-8-16-31(28)43-37;1-2-11-21(12-3-1)28-25-19-18-20-10-4-5-13-22(20)29(25)36-34(35-28)37-30-23-14-6-8-16-26(23)38-32(30)33-31(37)24-15-7-9-17-27(24)39-33/h1-27H;1-21H;1-19H. The van der Waals surface area contributed by atoms with Crippen molar-refractivity contribution < 1.29 is 0 Å². The molecule has 0 unspecified atom stereocenters. The van der Waals surface area contributed by atoms with Gasteiger partial charge in [-0.15, -0.1) is 68.0 Å². The monoisotopic (exact) mass is 1780 g/mol. The molecule has 0 aliphatic rings. The lowest BCUT2D eigenvalue weighted by molar-refractivity contribution is 1.02. The van der Waals surface area contributed by atoms with Crippen molar-refractivity contribution in [2.75, 3.05) is 0 Å². The molecule has 0 aliphatic carbocycles. The van der Waals surface area contributed by atoms with Gasteiger partial charge in [0, 0.05) is 110 Å². The fraction of sp³-hybridized carbons (Fsp3) is 0. The molecular weight excluding hydrogens is 1710 g/mol. The Morgan fingerprint density at radius 2 is 0.489 bits per heavy atom. The van der Waals surface area contributed by atoms with Crippen LogP contribution in [0.25, 0.3) is 261 Å². The Labute approximate surface area is 772 Å². The van der Waals surface area contributed by atoms with E-state index in [0.717, 1.165) is 88.9 Å². The molecular formula is C116H67N9S6. The minimum absolute atomic E-state index is 0.699. The molecule has 17 aromatic carbocycles. The van der Waals surface area contributed by atoms with E-state index in [4.69, 9.17) is 29.9 Å². The molecule has 29 aromatic rings. The lowest BCUT2D eigenvalue weighted by atomic mass is 10.00. The summed E-state index contributed by atoms with van der Waals surface area (Å²) in [6.07, 6.45) is 0. The fourth-order valence-corrected chi connectivity index (χ4v) is 27.0. The maximum atomic E-state index is 5.46. The molecule has 0 fully saturated rings. The molecule has 0 bridgehead atoms. The Morgan fingerprint density at radius 1 is 0.176 bits per heavy atom. The van der Waals surface area contributed by atoms with E-state index in [1.54, 1.807) is 0 Å². The zero-order valence-electron chi connectivity index (χ0n) is 69.7. The molecule has 0 saturated heterocycles. The summed E-state index contributed by atoms with van der Waals surface area (Å²) in [5.74, 6) is 2.98. The van der Waals surface area contributed by atoms with Gasteiger partial charge in [-0.05, 0) is 111 Å². The van der Waals surface area contributed by atoms with E-state index in [1.807, 2.05) is 68.0 Å². The predicted octanol–water partition coefficient (Wildman–Crippen LogP) is 33.8. The van der Waals surface area contributed by atoms with Crippen molar-refractivity contribution in [1.82, 2.24) is 43.6 Å². The summed E-state index contributed by atoms with van der Waals surface area (Å²) in [6.45, 7) is 0. The molecule has 0 radical (unpaired) electrons. The van der Waals surface area contributed by atoms with Crippen molar-refractivity contribution in [1.29, 1.82) is 0 Å². The van der Waals surface area contributed by atoms with Crippen LogP contribution in [0.3, 0.4) is 0 Å². The molecule has 612 valence electrons. The normalized spacial score (nSPS) is 12.0. The van der Waals surface area contributed by atoms with Gasteiger partial charge in [-0.2, -0.15) is 0 Å². The van der Waals surface area contributed by atoms with Crippen LogP contribution in [0.4, 0.5) is 0 Å². The van der Waals surface area contributed by atoms with E-state index in [0.29, 0.717) is 17.7 Å². The van der Waals surface area contributed by atoms with Gasteiger partial charge >= 0.3 is 0 Å². The quantitative estimate of drug-likeness (QED) is 0.134. The van der Waals surface area contributed by atoms with Gasteiger partial charge in [0.05, 0.1) is 89.4 Å². The molecule has 15 heteroatoms. The van der Waals surface area contributed by atoms with E-state index < -0.39 is 0 Å². The second-order valence-electron chi connectivity index (χ2n) is 33.0. The third-order valence-electron chi connectivity index (χ3n) is 25.4. The average molecular weight is 1780 g/mol. The van der Waals surface area contributed by atoms with Crippen LogP contribution in [0.5, 0.6) is 0 Å². The van der Waals surface area contributed by atoms with E-state index in [1.165, 1.54) is 154 Å². The fourth-order valence-electron chi connectivity index (χ4n) is 19.5. The SMILES string of the molecule is c1ccc(-c2cccc(-c3cc(-n4c5c6ccccc6sc5c5sc6ccccc6c54)nc(-c4cccc(-c5ccccc5)c4)n3)c2)cc1.c1ccc(-c2nc(-n3c4c5ccccc5sc4c4sc5ccccc5c43)nc3c2ccc2ccccc23)cc1.c1ccc2cc(-c3nc(-n4c5c6ccccc6sc5c5sc6ccccc6c54)nc4c3ccc3ccccc34)ccc2c1. The summed E-state index contributed by atoms with van der Waals surface area (Å²) in [6, 6.07) is 144. The van der Waals surface area contributed by atoms with Gasteiger partial charge in [0.2, 0.25) is 11.9 Å². The van der Waals surface area contributed by atoms with Crippen LogP contribution in [-0.2, 0) is 0 Å². The van der Waals surface area contributed by atoms with Crippen LogP contribution in [0.15, 0.2) is 406 Å². The molecule has 0 saturated carbocycles. The zero-order valence-corrected chi connectivity index (χ0v) is 74.6. The summed E-state index contributed by atoms with van der Waals surface area (Å²) in [4.78, 5) is 32.3. The van der Waals surface area contributed by atoms with Crippen LogP contribution < -0.4 is 0 Å². The van der Waals surface area contributed by atoms with Gasteiger partial charge in [-0.1, -0.05) is 334 Å². The summed E-state index contributed by atoms with van der Waals surface area (Å²) < 4.78 is 22.6. The molecule has 12 aromatic heterocycles. The van der Waals surface area contributed by atoms with Crippen molar-refractivity contribution >= 4 is 244 Å². The first-order valence-corrected chi connectivity index (χ1v) is 48.5. The lowest BCUT2D eigenvalue weighted by Gasteiger charge is -2.14. The largest absolute Gasteiger partial charge is 0.291 e. The number of nitrogens with zero attached hydrogens (tertiary/aromatic N) is 9. The highest BCUT2D eigenvalue weighted by atomic mass is 32.1. The number of aromatic nitrogens is 9. The van der Waals surface area contributed by atoms with Gasteiger partial charge in [-0.25, -0.2) is 29.9 Å². The Morgan fingerprint density at radius 3 is 0.908 bits per heavy atom. The minimum Gasteiger partial charge on any atom is -0.291 e. The van der Waals surface area contributed by atoms with Crippen molar-refractivity contribution in [3.63, 3.8) is 0 Å². The Hall–Kier alpha value is -15.6. The van der Waals surface area contributed by atoms with Gasteiger partial charge in [0.1, 0.15) is 5.82 Å². The predicted molar refractivity (Wildman–Crippen MR) is 562 cm³/mol. The summed E-state index contributed by atoms with van der Waals surface area (Å²) in [7, 11) is 0. The minimum atomic E-state index is 0.699. The summed E-state index contributed by atoms with van der Waals surface area (Å²) in [5.41, 5.74) is 20.8. The molecule has 0 amide bonds. The number of hydrogen-bond acceptors (Lipinski definition) is 12. The highest BCUT2D eigenvalue weighted by molar-refractivity contribution is 7.35. The third-order valence-corrected chi connectivity index (χ3v) is 32.9. The van der Waals surface area contributed by atoms with Crippen LogP contribution in [-0.4, -0.2) is 43.6 Å². The van der Waals surface area contributed by atoms with Gasteiger partial charge in [0.15, 0.2) is 5.82 Å². The van der Waals surface area contributed by atoms with Gasteiger partial charge in [0.25, 0.3) is 0 Å². The molecule has 0 spiro atoms. The van der Waals surface area contributed by atoms with Crippen molar-refractivity contribution in [3.8, 4) is 85.1 Å². The van der Waals surface area contributed by atoms with Crippen LogP contribution in [0.2, 0.25) is 0 Å². The van der Waals surface area contributed by atoms with E-state index in [-0.39, 0.29) is 0 Å². The van der Waals surface area contributed by atoms with E-state index in [9.17, 15) is 0 Å². The summed E-state index contributed by atoms with van der Waals surface area (Å²) >= 11 is 11.2. The molecule has 9 nitrogen and oxygen atoms in total. The summed E-state index contributed by atoms with van der Waals surface area (Å²) in [5, 5.41) is 16.6. The molecule has 29 rings (SSSR count). The molecule has 131 heavy (non-hydrogen) atoms. The van der Waals surface area contributed by atoms with Crippen molar-refractivity contribution in [2.45, 2.75) is 0 Å². The second kappa shape index (κ2) is 30.6. The van der Waals surface area contributed by atoms with Gasteiger partial charge in [-0.3, -0.25) is 13.7 Å². The molecule has 12 heterocycles. The van der Waals surface area contributed by atoms with Crippen LogP contribution in [0, 0.1) is 0 Å². The number of benzene rings is 17. The molecule has 0 N–H and O–H groups in total. The Balaban J connectivity index is 0.000000101. The maximum absolute atomic E-state index is 5.46. The first kappa shape index (κ1) is 75.6. The third kappa shape index (κ3) is 12.3. The zero-order chi connectivity index (χ0) is 85.9. The van der Waals surface area contributed by atoms with Crippen molar-refractivity contribution in [3.05, 3.63) is 406 Å². The molecule has 0 aliphatic heterocycles. The van der Waals surface area contributed by atoms with E-state index >= 15 is 0 Å². The topological polar surface area (TPSA) is 92.1 Å². The number of rotatable bonds is 9. The highest BCUT2D eigenvalue weighted by Gasteiger charge is 2.30. The first-order valence-electron chi connectivity index (χ1n) is 43.6. The Kier molecular flexibility index (Phi) is 17.6. The lowest BCUT2D eigenvalue weighted by Crippen LogP contribution is -2.03. The smallest absolute Gasteiger partial charge is 0.235 e. The number of hydrogen-bond donors (Lipinski definition) is 0. The molecule has 0 atom stereocenters. The van der Waals surface area contributed by atoms with E-state index in [2.05, 4.69) is 420 Å². The second-order valence-corrected chi connectivity index (χ2v) is 39.3. The number of thiophene rings is 6. The highest BCUT2D eigenvalue weighted by Crippen LogP contribution is 2.53. The Bertz CT molecular complexity index is 9360. The number of fused-ring (bicyclic) bond motifs is 28. The van der Waals surface area contributed by atoms with Crippen LogP contribution >= 0.6 is 68.0 Å². The first-order chi connectivity index (χ1) is 64.9.